The lowest BCUT2D eigenvalue weighted by molar-refractivity contribution is 0.242. The van der Waals surface area contributed by atoms with Gasteiger partial charge in [0, 0.05) is 60.7 Å². The van der Waals surface area contributed by atoms with Crippen molar-refractivity contribution in [3.63, 3.8) is 0 Å². The lowest BCUT2D eigenvalue weighted by Gasteiger charge is -2.28. The molecule has 0 saturated heterocycles. The maximum Gasteiger partial charge on any atom is 0.131 e. The number of hydrogen-bond acceptors (Lipinski definition) is 5. The van der Waals surface area contributed by atoms with Crippen LogP contribution in [-0.4, -0.2) is 38.3 Å². The maximum atomic E-state index is 5.25. The quantitative estimate of drug-likeness (QED) is 0.684. The van der Waals surface area contributed by atoms with Gasteiger partial charge in [0.1, 0.15) is 11.6 Å². The lowest BCUT2D eigenvalue weighted by atomic mass is 10.1. The molecule has 6 heteroatoms. The van der Waals surface area contributed by atoms with Crippen molar-refractivity contribution < 1.29 is 4.74 Å². The van der Waals surface area contributed by atoms with Gasteiger partial charge in [-0.2, -0.15) is 5.10 Å². The van der Waals surface area contributed by atoms with Crippen molar-refractivity contribution in [2.24, 2.45) is 0 Å². The average molecular weight is 375 g/mol. The van der Waals surface area contributed by atoms with Crippen molar-refractivity contribution in [3.05, 3.63) is 65.0 Å². The Morgan fingerprint density at radius 3 is 2.71 bits per heavy atom. The maximum absolute atomic E-state index is 5.25. The first-order valence-electron chi connectivity index (χ1n) is 9.96. The molecule has 28 heavy (non-hydrogen) atoms. The van der Waals surface area contributed by atoms with Crippen LogP contribution in [0.2, 0.25) is 0 Å². The van der Waals surface area contributed by atoms with E-state index in [4.69, 9.17) is 9.72 Å². The van der Waals surface area contributed by atoms with E-state index in [9.17, 15) is 0 Å². The fourth-order valence-electron chi connectivity index (χ4n) is 3.89. The van der Waals surface area contributed by atoms with Gasteiger partial charge in [0.05, 0.1) is 19.0 Å². The fourth-order valence-corrected chi connectivity index (χ4v) is 3.89. The number of ether oxygens (including phenoxy) is 1. The van der Waals surface area contributed by atoms with E-state index in [2.05, 4.69) is 28.1 Å². The topological polar surface area (TPSA) is 56.1 Å². The Bertz CT molecular complexity index is 991. The minimum absolute atomic E-state index is 0.620. The first-order chi connectivity index (χ1) is 13.7. The van der Waals surface area contributed by atoms with E-state index in [1.807, 2.05) is 35.1 Å². The highest BCUT2D eigenvalue weighted by Gasteiger charge is 2.28. The summed E-state index contributed by atoms with van der Waals surface area (Å²) in [6.45, 7) is 4.97. The van der Waals surface area contributed by atoms with Crippen LogP contribution in [0.3, 0.4) is 0 Å². The molecule has 144 valence electrons. The second-order valence-electron chi connectivity index (χ2n) is 7.80. The molecular weight excluding hydrogens is 350 g/mol. The van der Waals surface area contributed by atoms with Crippen molar-refractivity contribution in [2.75, 3.05) is 13.7 Å². The normalized spacial score (nSPS) is 16.8. The number of fused-ring (bicyclic) bond motifs is 1. The van der Waals surface area contributed by atoms with Crippen LogP contribution >= 0.6 is 0 Å². The van der Waals surface area contributed by atoms with Crippen LogP contribution < -0.4 is 4.74 Å². The van der Waals surface area contributed by atoms with Gasteiger partial charge in [-0.05, 0) is 44.0 Å². The molecule has 0 N–H and O–H groups in total. The molecule has 0 amide bonds. The second kappa shape index (κ2) is 7.02. The summed E-state index contributed by atoms with van der Waals surface area (Å²) in [7, 11) is 1.68. The monoisotopic (exact) mass is 375 g/mol. The molecule has 1 aromatic carbocycles. The number of nitrogens with zero attached hydrogens (tertiary/aromatic N) is 5. The number of benzene rings is 1. The number of aromatic nitrogens is 4. The molecule has 3 aromatic rings. The van der Waals surface area contributed by atoms with Crippen molar-refractivity contribution in [2.45, 2.75) is 45.2 Å². The Balaban J connectivity index is 1.30. The van der Waals surface area contributed by atoms with Crippen LogP contribution in [0.25, 0.3) is 5.69 Å². The molecule has 0 atom stereocenters. The van der Waals surface area contributed by atoms with Crippen LogP contribution in [-0.2, 0) is 19.5 Å². The summed E-state index contributed by atoms with van der Waals surface area (Å²) < 4.78 is 7.24. The molecule has 2 aromatic heterocycles. The van der Waals surface area contributed by atoms with Crippen molar-refractivity contribution in [1.82, 2.24) is 24.6 Å². The summed E-state index contributed by atoms with van der Waals surface area (Å²) in [5, 5.41) is 4.61. The van der Waals surface area contributed by atoms with Gasteiger partial charge >= 0.3 is 0 Å². The predicted octanol–water partition coefficient (Wildman–Crippen LogP) is 3.42. The summed E-state index contributed by atoms with van der Waals surface area (Å²) in [5.74, 6) is 2.53. The van der Waals surface area contributed by atoms with Gasteiger partial charge in [-0.25, -0.2) is 14.6 Å². The van der Waals surface area contributed by atoms with E-state index in [0.717, 1.165) is 43.3 Å². The summed E-state index contributed by atoms with van der Waals surface area (Å²) >= 11 is 0. The molecule has 6 nitrogen and oxygen atoms in total. The Hall–Kier alpha value is -2.73. The Kier molecular flexibility index (Phi) is 4.36. The predicted molar refractivity (Wildman–Crippen MR) is 107 cm³/mol. The van der Waals surface area contributed by atoms with Crippen molar-refractivity contribution in [1.29, 1.82) is 0 Å². The molecular formula is C22H25N5O. The number of methoxy groups -OCH3 is 1. The Labute approximate surface area is 165 Å². The fraction of sp³-hybridized carbons (Fsp3) is 0.409. The molecule has 5 rings (SSSR count). The molecule has 1 saturated carbocycles. The van der Waals surface area contributed by atoms with Gasteiger partial charge in [0.15, 0.2) is 0 Å². The molecule has 3 heterocycles. The van der Waals surface area contributed by atoms with Crippen LogP contribution in [0.15, 0.2) is 36.7 Å². The molecule has 0 spiro atoms. The van der Waals surface area contributed by atoms with Crippen molar-refractivity contribution in [3.8, 4) is 11.4 Å². The summed E-state index contributed by atoms with van der Waals surface area (Å²) in [6.07, 6.45) is 7.55. The van der Waals surface area contributed by atoms with Crippen LogP contribution in [0, 0.1) is 6.92 Å². The molecule has 1 aliphatic carbocycles. The highest BCUT2D eigenvalue weighted by molar-refractivity contribution is 5.39. The molecule has 2 aliphatic rings. The lowest BCUT2D eigenvalue weighted by Crippen LogP contribution is -2.31. The van der Waals surface area contributed by atoms with Gasteiger partial charge < -0.3 is 4.74 Å². The van der Waals surface area contributed by atoms with Crippen LogP contribution in [0.5, 0.6) is 5.75 Å². The van der Waals surface area contributed by atoms with Crippen LogP contribution in [0.1, 0.15) is 47.1 Å². The highest BCUT2D eigenvalue weighted by atomic mass is 16.5. The standard InChI is InChI=1S/C22H25N5O/c1-15-17(12-24-27(15)19-5-7-20(28-2)8-6-19)13-26-10-9-21-18(14-26)11-23-22(25-21)16-3-4-16/h5-8,11-12,16H,3-4,9-10,13-14H2,1-2H3. The first kappa shape index (κ1) is 17.4. The second-order valence-corrected chi connectivity index (χ2v) is 7.80. The molecule has 0 bridgehead atoms. The van der Waals surface area contributed by atoms with E-state index in [0.29, 0.717) is 5.92 Å². The zero-order valence-corrected chi connectivity index (χ0v) is 16.4. The van der Waals surface area contributed by atoms with E-state index in [1.54, 1.807) is 7.11 Å². The third-order valence-electron chi connectivity index (χ3n) is 5.80. The summed E-state index contributed by atoms with van der Waals surface area (Å²) in [6, 6.07) is 8.00. The SMILES string of the molecule is COc1ccc(-n2ncc(CN3CCc4nc(C5CC5)ncc4C3)c2C)cc1. The highest BCUT2D eigenvalue weighted by Crippen LogP contribution is 2.38. The molecule has 1 aliphatic heterocycles. The average Bonchev–Trinajstić information content (AvgIpc) is 3.52. The van der Waals surface area contributed by atoms with Gasteiger partial charge in [-0.3, -0.25) is 4.90 Å². The minimum atomic E-state index is 0.620. The Morgan fingerprint density at radius 1 is 1.14 bits per heavy atom. The third kappa shape index (κ3) is 3.29. The van der Waals surface area contributed by atoms with Crippen LogP contribution in [0.4, 0.5) is 0 Å². The van der Waals surface area contributed by atoms with E-state index >= 15 is 0 Å². The van der Waals surface area contributed by atoms with Crippen molar-refractivity contribution >= 4 is 0 Å². The zero-order chi connectivity index (χ0) is 19.1. The van der Waals surface area contributed by atoms with Gasteiger partial charge in [-0.15, -0.1) is 0 Å². The van der Waals surface area contributed by atoms with E-state index in [1.165, 1.54) is 35.4 Å². The number of rotatable bonds is 5. The Morgan fingerprint density at radius 2 is 1.96 bits per heavy atom. The largest absolute Gasteiger partial charge is 0.497 e. The first-order valence-corrected chi connectivity index (χ1v) is 9.96. The zero-order valence-electron chi connectivity index (χ0n) is 16.4. The molecule has 0 unspecified atom stereocenters. The number of hydrogen-bond donors (Lipinski definition) is 0. The van der Waals surface area contributed by atoms with Gasteiger partial charge in [0.25, 0.3) is 0 Å². The molecule has 1 fully saturated rings. The third-order valence-corrected chi connectivity index (χ3v) is 5.80. The minimum Gasteiger partial charge on any atom is -0.497 e. The van der Waals surface area contributed by atoms with E-state index < -0.39 is 0 Å². The van der Waals surface area contributed by atoms with E-state index in [-0.39, 0.29) is 0 Å². The van der Waals surface area contributed by atoms with Gasteiger partial charge in [-0.1, -0.05) is 0 Å². The summed E-state index contributed by atoms with van der Waals surface area (Å²) in [5.41, 5.74) is 6.01. The smallest absolute Gasteiger partial charge is 0.131 e. The molecule has 0 radical (unpaired) electrons. The summed E-state index contributed by atoms with van der Waals surface area (Å²) in [4.78, 5) is 11.9. The van der Waals surface area contributed by atoms with Gasteiger partial charge in [0.2, 0.25) is 0 Å².